The molecule has 112 valence electrons. The molecule has 2 aromatic carbocycles. The fraction of sp³-hybridized carbons (Fsp3) is 0.250. The Kier molecular flexibility index (Phi) is 5.25. The van der Waals surface area contributed by atoms with Crippen LogP contribution in [0.3, 0.4) is 0 Å². The fourth-order valence-electron chi connectivity index (χ4n) is 2.24. The van der Waals surface area contributed by atoms with Gasteiger partial charge in [0.1, 0.15) is 5.75 Å². The van der Waals surface area contributed by atoms with Crippen molar-refractivity contribution in [3.8, 4) is 5.75 Å². The number of nitrogens with two attached hydrogens (primary N) is 1. The van der Waals surface area contributed by atoms with E-state index in [1.807, 2.05) is 31.2 Å². The second-order valence-electron chi connectivity index (χ2n) is 4.61. The Bertz CT molecular complexity index is 605. The van der Waals surface area contributed by atoms with Crippen LogP contribution in [0.2, 0.25) is 0 Å². The molecule has 3 nitrogen and oxygen atoms in total. The van der Waals surface area contributed by atoms with Crippen LogP contribution < -0.4 is 16.0 Å². The van der Waals surface area contributed by atoms with E-state index in [0.29, 0.717) is 12.4 Å². The average Bonchev–Trinajstić information content (AvgIpc) is 2.50. The van der Waals surface area contributed by atoms with Crippen molar-refractivity contribution in [2.24, 2.45) is 5.84 Å². The average molecular weight is 292 g/mol. The SMILES string of the molecule is CCOc1ccccc1C(Cc1cccc(F)c1F)NN. The molecule has 0 aliphatic carbocycles. The van der Waals surface area contributed by atoms with Crippen molar-refractivity contribution >= 4 is 0 Å². The molecule has 3 N–H and O–H groups in total. The van der Waals surface area contributed by atoms with Gasteiger partial charge in [0.15, 0.2) is 11.6 Å². The summed E-state index contributed by atoms with van der Waals surface area (Å²) in [4.78, 5) is 0. The van der Waals surface area contributed by atoms with Crippen molar-refractivity contribution in [1.29, 1.82) is 0 Å². The van der Waals surface area contributed by atoms with E-state index in [2.05, 4.69) is 5.43 Å². The van der Waals surface area contributed by atoms with Gasteiger partial charge < -0.3 is 4.74 Å². The molecule has 0 aromatic heterocycles. The number of rotatable bonds is 6. The quantitative estimate of drug-likeness (QED) is 0.635. The number of benzene rings is 2. The van der Waals surface area contributed by atoms with Gasteiger partial charge in [0, 0.05) is 5.56 Å². The third-order valence-corrected chi connectivity index (χ3v) is 3.25. The van der Waals surface area contributed by atoms with Crippen molar-refractivity contribution in [3.05, 3.63) is 65.2 Å². The number of hydrogen-bond donors (Lipinski definition) is 2. The largest absolute Gasteiger partial charge is 0.494 e. The van der Waals surface area contributed by atoms with Crippen LogP contribution in [0.15, 0.2) is 42.5 Å². The number of para-hydroxylation sites is 1. The smallest absolute Gasteiger partial charge is 0.162 e. The molecule has 0 bridgehead atoms. The standard InChI is InChI=1S/C16H18F2N2O/c1-2-21-15-9-4-3-7-12(15)14(20-19)10-11-6-5-8-13(17)16(11)18/h3-9,14,20H,2,10,19H2,1H3. The lowest BCUT2D eigenvalue weighted by atomic mass is 9.98. The second-order valence-corrected chi connectivity index (χ2v) is 4.61. The van der Waals surface area contributed by atoms with Crippen LogP contribution in [0.5, 0.6) is 5.75 Å². The van der Waals surface area contributed by atoms with E-state index in [9.17, 15) is 8.78 Å². The van der Waals surface area contributed by atoms with Crippen LogP contribution in [-0.2, 0) is 6.42 Å². The zero-order valence-electron chi connectivity index (χ0n) is 11.8. The molecule has 2 aromatic rings. The molecule has 2 rings (SSSR count). The van der Waals surface area contributed by atoms with Gasteiger partial charge in [-0.1, -0.05) is 30.3 Å². The van der Waals surface area contributed by atoms with Gasteiger partial charge in [0.2, 0.25) is 0 Å². The van der Waals surface area contributed by atoms with Crippen molar-refractivity contribution < 1.29 is 13.5 Å². The van der Waals surface area contributed by atoms with E-state index < -0.39 is 11.6 Å². The predicted molar refractivity (Wildman–Crippen MR) is 77.7 cm³/mol. The highest BCUT2D eigenvalue weighted by atomic mass is 19.2. The molecule has 0 aliphatic heterocycles. The van der Waals surface area contributed by atoms with Crippen molar-refractivity contribution in [2.45, 2.75) is 19.4 Å². The molecule has 0 amide bonds. The van der Waals surface area contributed by atoms with Gasteiger partial charge in [-0.3, -0.25) is 11.3 Å². The topological polar surface area (TPSA) is 47.3 Å². The summed E-state index contributed by atoms with van der Waals surface area (Å²) in [5.74, 6) is 4.56. The summed E-state index contributed by atoms with van der Waals surface area (Å²) in [6.45, 7) is 2.40. The Balaban J connectivity index is 2.30. The molecular weight excluding hydrogens is 274 g/mol. The maximum absolute atomic E-state index is 13.8. The highest BCUT2D eigenvalue weighted by molar-refractivity contribution is 5.37. The Morgan fingerprint density at radius 3 is 2.62 bits per heavy atom. The van der Waals surface area contributed by atoms with Crippen LogP contribution in [-0.4, -0.2) is 6.61 Å². The molecule has 0 aliphatic rings. The zero-order valence-corrected chi connectivity index (χ0v) is 11.8. The first-order chi connectivity index (χ1) is 10.2. The summed E-state index contributed by atoms with van der Waals surface area (Å²) in [6, 6.07) is 11.1. The van der Waals surface area contributed by atoms with Gasteiger partial charge >= 0.3 is 0 Å². The second kappa shape index (κ2) is 7.15. The first-order valence-electron chi connectivity index (χ1n) is 6.78. The lowest BCUT2D eigenvalue weighted by Gasteiger charge is -2.20. The first-order valence-corrected chi connectivity index (χ1v) is 6.78. The number of ether oxygens (including phenoxy) is 1. The van der Waals surface area contributed by atoms with Gasteiger partial charge in [-0.05, 0) is 31.0 Å². The highest BCUT2D eigenvalue weighted by Gasteiger charge is 2.18. The lowest BCUT2D eigenvalue weighted by Crippen LogP contribution is -2.30. The summed E-state index contributed by atoms with van der Waals surface area (Å²) < 4.78 is 32.6. The predicted octanol–water partition coefficient (Wildman–Crippen LogP) is 3.11. The third kappa shape index (κ3) is 3.56. The molecule has 0 radical (unpaired) electrons. The van der Waals surface area contributed by atoms with E-state index in [1.54, 1.807) is 6.07 Å². The molecule has 0 saturated carbocycles. The third-order valence-electron chi connectivity index (χ3n) is 3.25. The number of halogens is 2. The van der Waals surface area contributed by atoms with E-state index in [1.165, 1.54) is 6.07 Å². The van der Waals surface area contributed by atoms with Crippen LogP contribution in [0, 0.1) is 11.6 Å². The van der Waals surface area contributed by atoms with Gasteiger partial charge in [-0.25, -0.2) is 8.78 Å². The molecule has 0 saturated heterocycles. The molecule has 0 spiro atoms. The molecular formula is C16H18F2N2O. The fourth-order valence-corrected chi connectivity index (χ4v) is 2.24. The summed E-state index contributed by atoms with van der Waals surface area (Å²) in [6.07, 6.45) is 0.226. The Labute approximate surface area is 122 Å². The van der Waals surface area contributed by atoms with E-state index >= 15 is 0 Å². The van der Waals surface area contributed by atoms with Crippen molar-refractivity contribution in [2.75, 3.05) is 6.61 Å². The Hall–Kier alpha value is -1.98. The molecule has 0 fully saturated rings. The summed E-state index contributed by atoms with van der Waals surface area (Å²) in [5, 5.41) is 0. The lowest BCUT2D eigenvalue weighted by molar-refractivity contribution is 0.331. The number of hydrogen-bond acceptors (Lipinski definition) is 3. The number of hydrazine groups is 1. The molecule has 0 heterocycles. The Morgan fingerprint density at radius 2 is 1.90 bits per heavy atom. The number of nitrogens with one attached hydrogen (secondary N) is 1. The molecule has 1 atom stereocenters. The van der Waals surface area contributed by atoms with Gasteiger partial charge in [0.25, 0.3) is 0 Å². The zero-order chi connectivity index (χ0) is 15.2. The summed E-state index contributed by atoms with van der Waals surface area (Å²) >= 11 is 0. The van der Waals surface area contributed by atoms with Crippen LogP contribution in [0.4, 0.5) is 8.78 Å². The minimum Gasteiger partial charge on any atom is -0.494 e. The van der Waals surface area contributed by atoms with Gasteiger partial charge in [0.05, 0.1) is 12.6 Å². The molecule has 21 heavy (non-hydrogen) atoms. The minimum absolute atomic E-state index is 0.226. The first kappa shape index (κ1) is 15.4. The normalized spacial score (nSPS) is 12.2. The molecule has 5 heteroatoms. The van der Waals surface area contributed by atoms with Crippen LogP contribution >= 0.6 is 0 Å². The summed E-state index contributed by atoms with van der Waals surface area (Å²) in [5.41, 5.74) is 3.72. The minimum atomic E-state index is -0.860. The van der Waals surface area contributed by atoms with Crippen LogP contribution in [0.25, 0.3) is 0 Å². The van der Waals surface area contributed by atoms with E-state index in [-0.39, 0.29) is 18.0 Å². The maximum atomic E-state index is 13.8. The van der Waals surface area contributed by atoms with E-state index in [0.717, 1.165) is 11.6 Å². The van der Waals surface area contributed by atoms with Gasteiger partial charge in [-0.15, -0.1) is 0 Å². The monoisotopic (exact) mass is 292 g/mol. The van der Waals surface area contributed by atoms with Crippen molar-refractivity contribution in [3.63, 3.8) is 0 Å². The Morgan fingerprint density at radius 1 is 1.14 bits per heavy atom. The van der Waals surface area contributed by atoms with Crippen molar-refractivity contribution in [1.82, 2.24) is 5.43 Å². The summed E-state index contributed by atoms with van der Waals surface area (Å²) in [7, 11) is 0. The highest BCUT2D eigenvalue weighted by Crippen LogP contribution is 2.28. The van der Waals surface area contributed by atoms with E-state index in [4.69, 9.17) is 10.6 Å². The van der Waals surface area contributed by atoms with Crippen LogP contribution in [0.1, 0.15) is 24.1 Å². The van der Waals surface area contributed by atoms with Gasteiger partial charge in [-0.2, -0.15) is 0 Å². The maximum Gasteiger partial charge on any atom is 0.162 e. The molecule has 1 unspecified atom stereocenters.